The first kappa shape index (κ1) is 33.3. The van der Waals surface area contributed by atoms with Gasteiger partial charge in [0.05, 0.1) is 12.7 Å². The minimum absolute atomic E-state index is 0.0566. The molecule has 1 fully saturated rings. The van der Waals surface area contributed by atoms with Gasteiger partial charge >= 0.3 is 5.97 Å². The summed E-state index contributed by atoms with van der Waals surface area (Å²) in [7, 11) is 0. The Balaban J connectivity index is 1.46. The molecule has 0 bridgehead atoms. The van der Waals surface area contributed by atoms with Crippen LogP contribution in [0.25, 0.3) is 6.08 Å². The Bertz CT molecular complexity index is 1490. The van der Waals surface area contributed by atoms with Crippen LogP contribution in [0.5, 0.6) is 28.7 Å². The Morgan fingerprint density at radius 2 is 1.47 bits per heavy atom. The molecule has 0 unspecified atom stereocenters. The number of benzene rings is 3. The minimum Gasteiger partial charge on any atom is -0.508 e. The molecule has 1 aliphatic rings. The highest BCUT2D eigenvalue weighted by molar-refractivity contribution is 5.87. The third-order valence-electron chi connectivity index (χ3n) is 7.30. The molecule has 0 aliphatic carbocycles. The van der Waals surface area contributed by atoms with E-state index in [1.807, 2.05) is 0 Å². The number of aliphatic hydroxyl groups excluding tert-OH is 2. The van der Waals surface area contributed by atoms with E-state index in [-0.39, 0.29) is 66.8 Å². The van der Waals surface area contributed by atoms with E-state index in [1.54, 1.807) is 24.3 Å². The van der Waals surface area contributed by atoms with E-state index in [0.717, 1.165) is 6.08 Å². The number of Topliss-reactive ketones (excluding diaryl/α,β-unsaturated/α-hetero) is 1. The van der Waals surface area contributed by atoms with Crippen molar-refractivity contribution in [2.75, 3.05) is 6.61 Å². The van der Waals surface area contributed by atoms with Gasteiger partial charge in [-0.1, -0.05) is 24.3 Å². The molecule has 45 heavy (non-hydrogen) atoms. The maximum Gasteiger partial charge on any atom is 0.331 e. The number of carbonyl (C=O) groups excluding carboxylic acids is 2. The standard InChI is InChI=1S/C33H36O12/c34-22-8-1-19(2-9-22)7-14-30(41)45-32-31(42)29(40)18-43-33(32)44-24(11-4-21-6-13-26(37)28(39)16-21)17-23(35)10-3-20-5-12-25(36)27(38)15-20/h1-2,5-9,12-16,24,29,31-34,36-40,42H,3-4,10-11,17-18H2/t24-,29+,31-,32+,33-/m0/s1. The summed E-state index contributed by atoms with van der Waals surface area (Å²) in [5.41, 5.74) is 1.88. The lowest BCUT2D eigenvalue weighted by atomic mass is 9.99. The van der Waals surface area contributed by atoms with Gasteiger partial charge in [-0.3, -0.25) is 4.79 Å². The van der Waals surface area contributed by atoms with Gasteiger partial charge in [0.15, 0.2) is 35.4 Å². The highest BCUT2D eigenvalue weighted by Gasteiger charge is 2.43. The highest BCUT2D eigenvalue weighted by atomic mass is 16.7. The number of phenolic OH excluding ortho intramolecular Hbond substituents is 5. The number of hydrogen-bond donors (Lipinski definition) is 7. The number of aliphatic hydroxyl groups is 2. The van der Waals surface area contributed by atoms with Crippen molar-refractivity contribution in [3.63, 3.8) is 0 Å². The fourth-order valence-electron chi connectivity index (χ4n) is 4.76. The summed E-state index contributed by atoms with van der Waals surface area (Å²) in [5, 5.41) is 69.1. The summed E-state index contributed by atoms with van der Waals surface area (Å²) in [6.07, 6.45) is -3.17. The Kier molecular flexibility index (Phi) is 11.4. The van der Waals surface area contributed by atoms with Crippen molar-refractivity contribution in [2.45, 2.75) is 62.8 Å². The Hall–Kier alpha value is -4.62. The fourth-order valence-corrected chi connectivity index (χ4v) is 4.76. The van der Waals surface area contributed by atoms with Gasteiger partial charge in [-0.25, -0.2) is 4.79 Å². The van der Waals surface area contributed by atoms with Gasteiger partial charge in [-0.05, 0) is 78.4 Å². The molecule has 5 atom stereocenters. The van der Waals surface area contributed by atoms with Crippen LogP contribution in [0, 0.1) is 0 Å². The predicted octanol–water partition coefficient (Wildman–Crippen LogP) is 2.83. The second-order valence-corrected chi connectivity index (χ2v) is 10.8. The quantitative estimate of drug-likeness (QED) is 0.0834. The zero-order valence-corrected chi connectivity index (χ0v) is 24.2. The van der Waals surface area contributed by atoms with E-state index in [1.165, 1.54) is 42.5 Å². The topological polar surface area (TPSA) is 203 Å². The molecule has 1 saturated heterocycles. The molecular formula is C33H36O12. The predicted molar refractivity (Wildman–Crippen MR) is 159 cm³/mol. The SMILES string of the molecule is O=C(CCc1ccc(O)c(O)c1)C[C@H](CCc1ccc(O)c(O)c1)O[C@@H]1OC[C@@H](O)[C@H](O)[C@H]1OC(=O)C=Cc1ccc(O)cc1. The Labute approximate surface area is 259 Å². The average molecular weight is 625 g/mol. The number of hydrogen-bond acceptors (Lipinski definition) is 12. The molecule has 240 valence electrons. The maximum atomic E-state index is 13.0. The molecule has 12 heteroatoms. The van der Waals surface area contributed by atoms with E-state index >= 15 is 0 Å². The molecule has 3 aromatic rings. The molecule has 0 aromatic heterocycles. The molecule has 1 aliphatic heterocycles. The normalized spacial score (nSPS) is 20.6. The average Bonchev–Trinajstić information content (AvgIpc) is 3.01. The van der Waals surface area contributed by atoms with E-state index < -0.39 is 36.7 Å². The summed E-state index contributed by atoms with van der Waals surface area (Å²) >= 11 is 0. The van der Waals surface area contributed by atoms with Crippen LogP contribution in [-0.4, -0.2) is 84.8 Å². The molecule has 4 rings (SSSR count). The van der Waals surface area contributed by atoms with Crippen LogP contribution in [0.15, 0.2) is 66.7 Å². The Morgan fingerprint density at radius 3 is 2.09 bits per heavy atom. The van der Waals surface area contributed by atoms with Crippen molar-refractivity contribution in [1.29, 1.82) is 0 Å². The van der Waals surface area contributed by atoms with Crippen LogP contribution in [0.3, 0.4) is 0 Å². The van der Waals surface area contributed by atoms with E-state index in [0.29, 0.717) is 23.1 Å². The van der Waals surface area contributed by atoms with Crippen LogP contribution >= 0.6 is 0 Å². The molecular weight excluding hydrogens is 588 g/mol. The first-order chi connectivity index (χ1) is 21.5. The molecule has 12 nitrogen and oxygen atoms in total. The number of aromatic hydroxyl groups is 5. The molecule has 0 radical (unpaired) electrons. The second kappa shape index (κ2) is 15.4. The van der Waals surface area contributed by atoms with Gasteiger partial charge in [0.2, 0.25) is 0 Å². The zero-order valence-electron chi connectivity index (χ0n) is 24.2. The van der Waals surface area contributed by atoms with Gasteiger partial charge in [0, 0.05) is 18.9 Å². The van der Waals surface area contributed by atoms with Crippen LogP contribution in [0.2, 0.25) is 0 Å². The van der Waals surface area contributed by atoms with Gasteiger partial charge < -0.3 is 50.0 Å². The summed E-state index contributed by atoms with van der Waals surface area (Å²) in [5.74, 6) is -2.17. The lowest BCUT2D eigenvalue weighted by Crippen LogP contribution is -2.56. The summed E-state index contributed by atoms with van der Waals surface area (Å²) in [6, 6.07) is 14.6. The number of aryl methyl sites for hydroxylation is 2. The molecule has 1 heterocycles. The molecule has 0 saturated carbocycles. The maximum absolute atomic E-state index is 13.0. The monoisotopic (exact) mass is 624 g/mol. The first-order valence-corrected chi connectivity index (χ1v) is 14.3. The largest absolute Gasteiger partial charge is 0.508 e. The third kappa shape index (κ3) is 9.68. The summed E-state index contributed by atoms with van der Waals surface area (Å²) in [4.78, 5) is 25.7. The fraction of sp³-hybridized carbons (Fsp3) is 0.333. The van der Waals surface area contributed by atoms with Crippen molar-refractivity contribution < 1.29 is 59.5 Å². The molecule has 0 amide bonds. The first-order valence-electron chi connectivity index (χ1n) is 14.3. The minimum atomic E-state index is -1.55. The smallest absolute Gasteiger partial charge is 0.331 e. The van der Waals surface area contributed by atoms with E-state index in [9.17, 15) is 45.3 Å². The third-order valence-corrected chi connectivity index (χ3v) is 7.30. The number of carbonyl (C=O) groups is 2. The summed E-state index contributed by atoms with van der Waals surface area (Å²) in [6.45, 7) is -0.319. The Morgan fingerprint density at radius 1 is 0.844 bits per heavy atom. The highest BCUT2D eigenvalue weighted by Crippen LogP contribution is 2.29. The number of phenols is 5. The lowest BCUT2D eigenvalue weighted by Gasteiger charge is -2.38. The number of esters is 1. The van der Waals surface area contributed by atoms with Crippen LogP contribution < -0.4 is 0 Å². The van der Waals surface area contributed by atoms with Crippen molar-refractivity contribution >= 4 is 17.8 Å². The molecule has 3 aromatic carbocycles. The number of ether oxygens (including phenoxy) is 3. The van der Waals surface area contributed by atoms with Gasteiger partial charge in [-0.2, -0.15) is 0 Å². The lowest BCUT2D eigenvalue weighted by molar-refractivity contribution is -0.286. The molecule has 7 N–H and O–H groups in total. The molecule has 0 spiro atoms. The van der Waals surface area contributed by atoms with Crippen LogP contribution in [-0.2, 0) is 36.6 Å². The van der Waals surface area contributed by atoms with Crippen molar-refractivity contribution in [3.8, 4) is 28.7 Å². The van der Waals surface area contributed by atoms with Gasteiger partial charge in [0.25, 0.3) is 0 Å². The van der Waals surface area contributed by atoms with Crippen LogP contribution in [0.4, 0.5) is 0 Å². The second-order valence-electron chi connectivity index (χ2n) is 10.8. The summed E-state index contributed by atoms with van der Waals surface area (Å²) < 4.78 is 17.1. The zero-order chi connectivity index (χ0) is 32.5. The van der Waals surface area contributed by atoms with E-state index in [4.69, 9.17) is 14.2 Å². The van der Waals surface area contributed by atoms with E-state index in [2.05, 4.69) is 0 Å². The van der Waals surface area contributed by atoms with Crippen molar-refractivity contribution in [2.24, 2.45) is 0 Å². The van der Waals surface area contributed by atoms with Crippen LogP contribution in [0.1, 0.15) is 36.0 Å². The van der Waals surface area contributed by atoms with Crippen molar-refractivity contribution in [1.82, 2.24) is 0 Å². The van der Waals surface area contributed by atoms with Gasteiger partial charge in [0.1, 0.15) is 23.7 Å². The van der Waals surface area contributed by atoms with Gasteiger partial charge in [-0.15, -0.1) is 0 Å². The van der Waals surface area contributed by atoms with Crippen molar-refractivity contribution in [3.05, 3.63) is 83.4 Å². The number of rotatable bonds is 13. The number of ketones is 1.